The fourth-order valence-electron chi connectivity index (χ4n) is 5.96. The smallest absolute Gasteiger partial charge is 0.416 e. The molecule has 0 saturated carbocycles. The van der Waals surface area contributed by atoms with Crippen molar-refractivity contribution < 1.29 is 32.6 Å². The van der Waals surface area contributed by atoms with Gasteiger partial charge in [0.2, 0.25) is 17.6 Å². The zero-order valence-corrected chi connectivity index (χ0v) is 29.1. The highest BCUT2D eigenvalue weighted by Crippen LogP contribution is 2.34. The molecule has 1 aliphatic heterocycles. The van der Waals surface area contributed by atoms with Crippen LogP contribution >= 0.6 is 11.6 Å². The van der Waals surface area contributed by atoms with Crippen molar-refractivity contribution in [3.63, 3.8) is 0 Å². The van der Waals surface area contributed by atoms with Crippen LogP contribution in [-0.4, -0.2) is 89.2 Å². The number of aromatic hydroxyl groups is 1. The number of ether oxygens (including phenoxy) is 1. The molecule has 4 aromatic heterocycles. The lowest BCUT2D eigenvalue weighted by Crippen LogP contribution is -2.51. The van der Waals surface area contributed by atoms with Gasteiger partial charge in [0.15, 0.2) is 17.3 Å². The number of hydrogen-bond acceptors (Lipinski definition) is 11. The molecule has 6 rings (SSSR count). The molecular formula is C33H32ClF3N10O5. The highest BCUT2D eigenvalue weighted by Gasteiger charge is 2.32. The average Bonchev–Trinajstić information content (AvgIpc) is 3.57. The molecule has 52 heavy (non-hydrogen) atoms. The minimum Gasteiger partial charge on any atom is -0.504 e. The molecule has 1 aromatic carbocycles. The van der Waals surface area contributed by atoms with Gasteiger partial charge in [-0.15, -0.1) is 5.10 Å². The van der Waals surface area contributed by atoms with Crippen LogP contribution in [0.2, 0.25) is 5.02 Å². The Balaban J connectivity index is 1.39. The van der Waals surface area contributed by atoms with Gasteiger partial charge in [-0.25, -0.2) is 15.0 Å². The Morgan fingerprint density at radius 3 is 2.44 bits per heavy atom. The second kappa shape index (κ2) is 14.1. The van der Waals surface area contributed by atoms with E-state index in [1.54, 1.807) is 37.8 Å². The standard InChI is InChI=1S/C33H32ClF3N10O5/c1-5-23-27(44-8-10-45(11-9-44)30(50)26-28(49)18(3)38-16-39-26)31(51)47-32(42-29(43-47)19-12-17(2)40-25(13-19)52-4)46(23)15-24(48)41-22-7-6-20(14-21(22)34)33(35,36)37/h6-7,12-14,16,49H,5,8-11,15H2,1-4H3,(H,41,48). The first kappa shape index (κ1) is 36.0. The summed E-state index contributed by atoms with van der Waals surface area (Å²) >= 11 is 6.12. The van der Waals surface area contributed by atoms with Gasteiger partial charge in [-0.1, -0.05) is 18.5 Å². The number of aromatic nitrogens is 7. The molecule has 5 aromatic rings. The van der Waals surface area contributed by atoms with Gasteiger partial charge < -0.3 is 29.5 Å². The van der Waals surface area contributed by atoms with Crippen molar-refractivity contribution >= 4 is 40.6 Å². The number of methoxy groups -OCH3 is 1. The monoisotopic (exact) mass is 740 g/mol. The molecule has 1 saturated heterocycles. The lowest BCUT2D eigenvalue weighted by molar-refractivity contribution is -0.137. The number of nitrogens with zero attached hydrogens (tertiary/aromatic N) is 9. The van der Waals surface area contributed by atoms with Crippen molar-refractivity contribution in [3.8, 4) is 23.0 Å². The van der Waals surface area contributed by atoms with Crippen LogP contribution in [0.3, 0.4) is 0 Å². The third-order valence-electron chi connectivity index (χ3n) is 8.52. The number of rotatable bonds is 8. The lowest BCUT2D eigenvalue weighted by atomic mass is 10.2. The molecule has 1 fully saturated rings. The zero-order chi connectivity index (χ0) is 37.5. The minimum atomic E-state index is -4.63. The van der Waals surface area contributed by atoms with E-state index in [0.717, 1.165) is 22.7 Å². The van der Waals surface area contributed by atoms with E-state index in [9.17, 15) is 32.7 Å². The summed E-state index contributed by atoms with van der Waals surface area (Å²) in [4.78, 5) is 61.2. The van der Waals surface area contributed by atoms with E-state index in [1.165, 1.54) is 22.9 Å². The van der Waals surface area contributed by atoms with Gasteiger partial charge in [-0.05, 0) is 44.5 Å². The van der Waals surface area contributed by atoms with Crippen molar-refractivity contribution in [1.82, 2.24) is 39.0 Å². The van der Waals surface area contributed by atoms with Crippen LogP contribution in [0.15, 0.2) is 41.5 Å². The Bertz CT molecular complexity index is 2270. The molecule has 5 heterocycles. The van der Waals surface area contributed by atoms with Gasteiger partial charge in [-0.3, -0.25) is 14.4 Å². The fraction of sp³-hybridized carbons (Fsp3) is 0.333. The number of nitrogens with one attached hydrogen (secondary N) is 1. The first-order valence-corrected chi connectivity index (χ1v) is 16.3. The Labute approximate surface area is 298 Å². The normalized spacial score (nSPS) is 13.5. The molecule has 15 nitrogen and oxygen atoms in total. The first-order valence-electron chi connectivity index (χ1n) is 16.0. The molecule has 1 aliphatic rings. The van der Waals surface area contributed by atoms with E-state index in [2.05, 4.69) is 30.4 Å². The Kier molecular flexibility index (Phi) is 9.76. The predicted molar refractivity (Wildman–Crippen MR) is 183 cm³/mol. The molecule has 0 unspecified atom stereocenters. The zero-order valence-electron chi connectivity index (χ0n) is 28.3. The fourth-order valence-corrected chi connectivity index (χ4v) is 6.18. The molecule has 2 N–H and O–H groups in total. The number of alkyl halides is 3. The van der Waals surface area contributed by atoms with Crippen LogP contribution in [0.1, 0.15) is 40.1 Å². The van der Waals surface area contributed by atoms with E-state index >= 15 is 0 Å². The number of piperazine rings is 1. The summed E-state index contributed by atoms with van der Waals surface area (Å²) in [5.74, 6) is -0.981. The molecular weight excluding hydrogens is 709 g/mol. The van der Waals surface area contributed by atoms with Gasteiger partial charge in [0.1, 0.15) is 18.6 Å². The van der Waals surface area contributed by atoms with E-state index in [1.807, 2.05) is 0 Å². The Morgan fingerprint density at radius 2 is 1.79 bits per heavy atom. The third-order valence-corrected chi connectivity index (χ3v) is 8.83. The van der Waals surface area contributed by atoms with Crippen LogP contribution in [0.5, 0.6) is 11.6 Å². The van der Waals surface area contributed by atoms with E-state index in [4.69, 9.17) is 16.3 Å². The minimum absolute atomic E-state index is 0.0334. The SMILES string of the molecule is CCc1c(N2CCN(C(=O)c3ncnc(C)c3O)CC2)c(=O)n2nc(-c3cc(C)nc(OC)c3)nc2n1CC(=O)Nc1ccc(C(F)(F)F)cc1Cl. The molecule has 0 bridgehead atoms. The van der Waals surface area contributed by atoms with Crippen molar-refractivity contribution in [2.45, 2.75) is 39.9 Å². The van der Waals surface area contributed by atoms with Crippen LogP contribution < -0.4 is 20.5 Å². The van der Waals surface area contributed by atoms with E-state index < -0.39 is 35.7 Å². The van der Waals surface area contributed by atoms with Crippen LogP contribution in [0.25, 0.3) is 17.2 Å². The van der Waals surface area contributed by atoms with Gasteiger partial charge in [0.05, 0.1) is 34.8 Å². The molecule has 0 aliphatic carbocycles. The second-order valence-electron chi connectivity index (χ2n) is 11.9. The van der Waals surface area contributed by atoms with Crippen LogP contribution in [0, 0.1) is 13.8 Å². The van der Waals surface area contributed by atoms with Crippen molar-refractivity contribution in [2.75, 3.05) is 43.5 Å². The van der Waals surface area contributed by atoms with Crippen LogP contribution in [-0.2, 0) is 23.9 Å². The summed E-state index contributed by atoms with van der Waals surface area (Å²) in [6, 6.07) is 5.90. The van der Waals surface area contributed by atoms with Gasteiger partial charge in [-0.2, -0.15) is 22.7 Å². The Hall–Kier alpha value is -5.78. The number of hydrogen-bond donors (Lipinski definition) is 2. The van der Waals surface area contributed by atoms with Crippen molar-refractivity contribution in [1.29, 1.82) is 0 Å². The van der Waals surface area contributed by atoms with E-state index in [-0.39, 0.29) is 77.7 Å². The lowest BCUT2D eigenvalue weighted by Gasteiger charge is -2.36. The summed E-state index contributed by atoms with van der Waals surface area (Å²) in [5, 5.41) is 17.2. The molecule has 0 atom stereocenters. The first-order chi connectivity index (χ1) is 24.7. The van der Waals surface area contributed by atoms with Crippen LogP contribution in [0.4, 0.5) is 24.5 Å². The summed E-state index contributed by atoms with van der Waals surface area (Å²) in [6.07, 6.45) is -3.17. The number of carbonyl (C=O) groups excluding carboxylic acids is 2. The molecule has 2 amide bonds. The number of anilines is 2. The highest BCUT2D eigenvalue weighted by atomic mass is 35.5. The number of amides is 2. The summed E-state index contributed by atoms with van der Waals surface area (Å²) < 4.78 is 47.6. The predicted octanol–water partition coefficient (Wildman–Crippen LogP) is 3.91. The highest BCUT2D eigenvalue weighted by molar-refractivity contribution is 6.33. The topological polar surface area (TPSA) is 173 Å². The molecule has 0 spiro atoms. The molecule has 272 valence electrons. The number of pyridine rings is 1. The summed E-state index contributed by atoms with van der Waals surface area (Å²) in [5.41, 5.74) is 0.350. The molecule has 0 radical (unpaired) electrons. The van der Waals surface area contributed by atoms with E-state index in [0.29, 0.717) is 22.8 Å². The number of fused-ring (bicyclic) bond motifs is 1. The second-order valence-corrected chi connectivity index (χ2v) is 12.3. The number of carbonyl (C=O) groups is 2. The maximum atomic E-state index is 14.3. The van der Waals surface area contributed by atoms with Crippen molar-refractivity contribution in [2.24, 2.45) is 0 Å². The number of benzene rings is 1. The number of aryl methyl sites for hydroxylation is 2. The largest absolute Gasteiger partial charge is 0.504 e. The maximum Gasteiger partial charge on any atom is 0.416 e. The van der Waals surface area contributed by atoms with Crippen molar-refractivity contribution in [3.05, 3.63) is 80.4 Å². The molecule has 19 heteroatoms. The van der Waals surface area contributed by atoms with Gasteiger partial charge in [0.25, 0.3) is 11.5 Å². The van der Waals surface area contributed by atoms with Gasteiger partial charge >= 0.3 is 6.18 Å². The quantitative estimate of drug-likeness (QED) is 0.236. The number of halogens is 4. The third kappa shape index (κ3) is 6.92. The van der Waals surface area contributed by atoms with Gasteiger partial charge in [0, 0.05) is 43.5 Å². The summed E-state index contributed by atoms with van der Waals surface area (Å²) in [6.45, 7) is 5.45. The maximum absolute atomic E-state index is 14.3. The average molecular weight is 741 g/mol. The summed E-state index contributed by atoms with van der Waals surface area (Å²) in [7, 11) is 1.46. The Morgan fingerprint density at radius 1 is 1.06 bits per heavy atom.